The fraction of sp³-hybridized carbons (Fsp3) is 0.111. The molecular formula is C27H23N5O3. The first-order chi connectivity index (χ1) is 17.2. The van der Waals surface area contributed by atoms with E-state index in [-0.39, 0.29) is 12.5 Å². The highest BCUT2D eigenvalue weighted by Crippen LogP contribution is 2.22. The Balaban J connectivity index is 1.18. The van der Waals surface area contributed by atoms with Crippen LogP contribution in [0.3, 0.4) is 0 Å². The van der Waals surface area contributed by atoms with Crippen LogP contribution in [0.5, 0.6) is 11.6 Å². The molecule has 0 aliphatic rings. The monoisotopic (exact) mass is 465 g/mol. The Morgan fingerprint density at radius 3 is 2.29 bits per heavy atom. The van der Waals surface area contributed by atoms with Gasteiger partial charge in [0.15, 0.2) is 11.5 Å². The first-order valence-corrected chi connectivity index (χ1v) is 11.1. The maximum Gasteiger partial charge on any atom is 0.251 e. The molecule has 2 aromatic heterocycles. The zero-order valence-corrected chi connectivity index (χ0v) is 19.1. The Hall–Kier alpha value is -4.72. The minimum absolute atomic E-state index is 0.155. The van der Waals surface area contributed by atoms with Gasteiger partial charge in [-0.15, -0.1) is 15.3 Å². The van der Waals surface area contributed by atoms with E-state index in [1.807, 2.05) is 78.9 Å². The topological polar surface area (TPSA) is 90.6 Å². The molecule has 0 spiro atoms. The number of rotatable bonds is 8. The molecule has 0 unspecified atom stereocenters. The summed E-state index contributed by atoms with van der Waals surface area (Å²) in [6.45, 7) is 0.610. The number of amides is 1. The molecule has 35 heavy (non-hydrogen) atoms. The molecule has 0 radical (unpaired) electrons. The van der Waals surface area contributed by atoms with Crippen LogP contribution in [0.1, 0.15) is 10.4 Å². The van der Waals surface area contributed by atoms with Gasteiger partial charge in [0.25, 0.3) is 5.91 Å². The van der Waals surface area contributed by atoms with Crippen LogP contribution in [0.25, 0.3) is 28.2 Å². The lowest BCUT2D eigenvalue weighted by molar-refractivity contribution is 0.0946. The third kappa shape index (κ3) is 4.96. The van der Waals surface area contributed by atoms with Crippen molar-refractivity contribution in [3.05, 3.63) is 96.6 Å². The minimum atomic E-state index is -0.155. The number of carbonyl (C=O) groups is 1. The largest absolute Gasteiger partial charge is 0.497 e. The summed E-state index contributed by atoms with van der Waals surface area (Å²) >= 11 is 0. The lowest BCUT2D eigenvalue weighted by Crippen LogP contribution is -2.28. The molecule has 0 saturated carbocycles. The van der Waals surface area contributed by atoms with E-state index in [1.54, 1.807) is 23.8 Å². The Morgan fingerprint density at radius 2 is 1.54 bits per heavy atom. The Labute approximate surface area is 202 Å². The normalized spacial score (nSPS) is 10.8. The van der Waals surface area contributed by atoms with Crippen LogP contribution in [0, 0.1) is 0 Å². The molecule has 1 N–H and O–H groups in total. The summed E-state index contributed by atoms with van der Waals surface area (Å²) in [5.41, 5.74) is 4.23. The molecule has 174 valence electrons. The zero-order chi connectivity index (χ0) is 24.0. The van der Waals surface area contributed by atoms with Gasteiger partial charge in [0, 0.05) is 17.2 Å². The molecule has 5 aromatic rings. The summed E-state index contributed by atoms with van der Waals surface area (Å²) in [4.78, 5) is 12.5. The molecule has 0 bridgehead atoms. The average molecular weight is 466 g/mol. The first-order valence-electron chi connectivity index (χ1n) is 11.1. The highest BCUT2D eigenvalue weighted by Gasteiger charge is 2.11. The van der Waals surface area contributed by atoms with Crippen LogP contribution in [0.2, 0.25) is 0 Å². The minimum Gasteiger partial charge on any atom is -0.497 e. The summed E-state index contributed by atoms with van der Waals surface area (Å²) in [6, 6.07) is 28.6. The van der Waals surface area contributed by atoms with Crippen molar-refractivity contribution in [2.45, 2.75) is 0 Å². The van der Waals surface area contributed by atoms with Crippen LogP contribution in [-0.2, 0) is 0 Å². The number of hydrogen-bond acceptors (Lipinski definition) is 6. The van der Waals surface area contributed by atoms with Crippen molar-refractivity contribution in [1.29, 1.82) is 0 Å². The summed E-state index contributed by atoms with van der Waals surface area (Å²) in [5, 5.41) is 15.8. The van der Waals surface area contributed by atoms with E-state index >= 15 is 0 Å². The molecule has 0 aliphatic carbocycles. The van der Waals surface area contributed by atoms with E-state index in [0.717, 1.165) is 22.4 Å². The van der Waals surface area contributed by atoms with Crippen molar-refractivity contribution >= 4 is 11.6 Å². The van der Waals surface area contributed by atoms with Gasteiger partial charge >= 0.3 is 0 Å². The van der Waals surface area contributed by atoms with Gasteiger partial charge in [0.1, 0.15) is 12.4 Å². The molecule has 0 atom stereocenters. The third-order valence-electron chi connectivity index (χ3n) is 5.48. The molecule has 8 heteroatoms. The molecule has 0 aliphatic heterocycles. The van der Waals surface area contributed by atoms with E-state index in [2.05, 4.69) is 20.6 Å². The first kappa shape index (κ1) is 22.1. The lowest BCUT2D eigenvalue weighted by Gasteiger charge is -2.08. The maximum absolute atomic E-state index is 12.5. The van der Waals surface area contributed by atoms with E-state index in [4.69, 9.17) is 9.47 Å². The number of ether oxygens (including phenoxy) is 2. The highest BCUT2D eigenvalue weighted by atomic mass is 16.5. The number of carbonyl (C=O) groups excluding carboxylic acids is 1. The summed E-state index contributed by atoms with van der Waals surface area (Å²) < 4.78 is 12.6. The second-order valence-corrected chi connectivity index (χ2v) is 7.74. The molecule has 2 heterocycles. The predicted molar refractivity (Wildman–Crippen MR) is 132 cm³/mol. The molecule has 1 amide bonds. The zero-order valence-electron chi connectivity index (χ0n) is 19.1. The lowest BCUT2D eigenvalue weighted by atomic mass is 10.0. The van der Waals surface area contributed by atoms with Gasteiger partial charge in [-0.3, -0.25) is 4.79 Å². The van der Waals surface area contributed by atoms with Crippen molar-refractivity contribution in [2.24, 2.45) is 0 Å². The van der Waals surface area contributed by atoms with E-state index in [1.165, 1.54) is 0 Å². The Kier molecular flexibility index (Phi) is 6.34. The standard InChI is InChI=1S/C27H23N5O3/c1-34-23-13-11-21(12-14-23)26-30-29-24-15-16-25(31-32(24)26)35-18-17-28-27(33)22-9-7-20(8-10-22)19-5-3-2-4-6-19/h2-16H,17-18H2,1H3,(H,28,33). The summed E-state index contributed by atoms with van der Waals surface area (Å²) in [7, 11) is 1.62. The van der Waals surface area contributed by atoms with Crippen LogP contribution >= 0.6 is 0 Å². The number of methoxy groups -OCH3 is 1. The smallest absolute Gasteiger partial charge is 0.251 e. The third-order valence-corrected chi connectivity index (χ3v) is 5.48. The fourth-order valence-electron chi connectivity index (χ4n) is 3.64. The Morgan fingerprint density at radius 1 is 0.829 bits per heavy atom. The van der Waals surface area contributed by atoms with Crippen LogP contribution in [0.15, 0.2) is 91.0 Å². The van der Waals surface area contributed by atoms with Crippen molar-refractivity contribution in [1.82, 2.24) is 25.1 Å². The second kappa shape index (κ2) is 10.0. The molecule has 3 aromatic carbocycles. The number of hydrogen-bond donors (Lipinski definition) is 1. The fourth-order valence-corrected chi connectivity index (χ4v) is 3.64. The quantitative estimate of drug-likeness (QED) is 0.344. The summed E-state index contributed by atoms with van der Waals surface area (Å²) in [5.74, 6) is 1.61. The van der Waals surface area contributed by atoms with Gasteiger partial charge in [0.2, 0.25) is 5.88 Å². The SMILES string of the molecule is COc1ccc(-c2nnc3ccc(OCCNC(=O)c4ccc(-c5ccccc5)cc4)nn23)cc1. The highest BCUT2D eigenvalue weighted by molar-refractivity contribution is 5.94. The van der Waals surface area contributed by atoms with Crippen molar-refractivity contribution in [3.8, 4) is 34.1 Å². The number of fused-ring (bicyclic) bond motifs is 1. The number of benzene rings is 3. The van der Waals surface area contributed by atoms with E-state index in [0.29, 0.717) is 29.5 Å². The van der Waals surface area contributed by atoms with Crippen molar-refractivity contribution in [2.75, 3.05) is 20.3 Å². The second-order valence-electron chi connectivity index (χ2n) is 7.74. The number of nitrogens with zero attached hydrogens (tertiary/aromatic N) is 4. The van der Waals surface area contributed by atoms with Crippen LogP contribution < -0.4 is 14.8 Å². The van der Waals surface area contributed by atoms with E-state index < -0.39 is 0 Å². The van der Waals surface area contributed by atoms with Gasteiger partial charge in [0.05, 0.1) is 13.7 Å². The summed E-state index contributed by atoms with van der Waals surface area (Å²) in [6.07, 6.45) is 0. The van der Waals surface area contributed by atoms with Gasteiger partial charge in [-0.2, -0.15) is 4.52 Å². The molecule has 8 nitrogen and oxygen atoms in total. The number of nitrogens with one attached hydrogen (secondary N) is 1. The van der Waals surface area contributed by atoms with Gasteiger partial charge < -0.3 is 14.8 Å². The van der Waals surface area contributed by atoms with Crippen molar-refractivity contribution < 1.29 is 14.3 Å². The molecule has 0 fully saturated rings. The van der Waals surface area contributed by atoms with Gasteiger partial charge in [-0.25, -0.2) is 0 Å². The Bertz CT molecular complexity index is 1430. The average Bonchev–Trinajstić information content (AvgIpc) is 3.35. The van der Waals surface area contributed by atoms with Gasteiger partial charge in [-0.1, -0.05) is 42.5 Å². The predicted octanol–water partition coefficient (Wildman–Crippen LogP) is 4.28. The molecule has 5 rings (SSSR count). The number of aromatic nitrogens is 4. The maximum atomic E-state index is 12.5. The molecule has 0 saturated heterocycles. The van der Waals surface area contributed by atoms with Crippen LogP contribution in [0.4, 0.5) is 0 Å². The van der Waals surface area contributed by atoms with Crippen LogP contribution in [-0.4, -0.2) is 46.0 Å². The van der Waals surface area contributed by atoms with E-state index in [9.17, 15) is 4.79 Å². The molecular weight excluding hydrogens is 442 g/mol. The van der Waals surface area contributed by atoms with Gasteiger partial charge in [-0.05, 0) is 53.6 Å². The van der Waals surface area contributed by atoms with Crippen molar-refractivity contribution in [3.63, 3.8) is 0 Å².